The molecule has 0 radical (unpaired) electrons. The highest BCUT2D eigenvalue weighted by atomic mass is 14.2. The van der Waals surface area contributed by atoms with E-state index in [0.717, 1.165) is 92.7 Å². The number of fused-ring (bicyclic) bond motifs is 2. The first kappa shape index (κ1) is 113. The van der Waals surface area contributed by atoms with Crippen LogP contribution < -0.4 is 0 Å². The first-order valence-electron chi connectivity index (χ1n) is 58.7. The van der Waals surface area contributed by atoms with Gasteiger partial charge in [-0.15, -0.1) is 0 Å². The third-order valence-electron chi connectivity index (χ3n) is 29.6. The highest BCUT2D eigenvalue weighted by Gasteiger charge is 2.14. The minimum atomic E-state index is 0.965. The maximum Gasteiger partial charge on any atom is 0.0562 e. The zero-order chi connectivity index (χ0) is 91.6. The molecule has 0 aromatic heterocycles. The minimum absolute atomic E-state index is 0.965. The highest BCUT2D eigenvalue weighted by molar-refractivity contribution is 5.88. The topological polar surface area (TPSA) is 0 Å². The standard InChI is InChI=1S/C130H206/c1-7-13-19-25-31-37-43-49-55-61-67-73-79-85-91-115-107-125-101-97-121-111-117(93-87-81-75-69-63-57-51-45-39-33-27-21-15-9-3)119(95-89-83-77-71-65-59-53-47-41-35-29-23-17-11-5)113-123(121)99-103-127-109-116(92-86-80-74-68-62-56-50-44-38-32-26-20-14-8-2)110-128-104-100-124-114-120(96-90-84-78-72-66-60-54-48-42-36-30-24-18-12-6)118(112-122(124)98-102-126(108-115)129(125)105-106-130(127)128)94-88-82-76-70-64-58-52-46-40-34-28-22-16-10-4/h107-114H,7-96H2,1-6H3. The highest BCUT2D eigenvalue weighted by Crippen LogP contribution is 2.31. The van der Waals surface area contributed by atoms with Gasteiger partial charge in [-0.1, -0.05) is 603 Å². The molecule has 0 heteroatoms. The molecule has 0 heterocycles. The number of hydrogen-bond donors (Lipinski definition) is 0. The summed E-state index contributed by atoms with van der Waals surface area (Å²) in [6.07, 6.45) is 122. The van der Waals surface area contributed by atoms with Gasteiger partial charge in [0, 0.05) is 43.1 Å². The molecule has 0 saturated heterocycles. The number of unbranched alkanes of at least 4 members (excludes halogenated alkanes) is 78. The first-order chi connectivity index (χ1) is 64.5. The van der Waals surface area contributed by atoms with Gasteiger partial charge in [0.15, 0.2) is 0 Å². The molecule has 2 aliphatic rings. The Labute approximate surface area is 810 Å². The largest absolute Gasteiger partial charge is 0.0654 e. The van der Waals surface area contributed by atoms with E-state index in [-0.39, 0.29) is 0 Å². The normalized spacial score (nSPS) is 11.5. The Kier molecular flexibility index (Phi) is 71.5. The van der Waals surface area contributed by atoms with Crippen LogP contribution in [0.15, 0.2) is 48.5 Å². The van der Waals surface area contributed by atoms with Gasteiger partial charge in [-0.25, -0.2) is 0 Å². The lowest BCUT2D eigenvalue weighted by Gasteiger charge is -2.11. The summed E-state index contributed by atoms with van der Waals surface area (Å²) in [5.41, 5.74) is 10.7. The molecule has 0 saturated carbocycles. The van der Waals surface area contributed by atoms with Crippen molar-refractivity contribution >= 4 is 43.1 Å². The van der Waals surface area contributed by atoms with Gasteiger partial charge >= 0.3 is 0 Å². The monoisotopic (exact) mass is 1770 g/mol. The van der Waals surface area contributed by atoms with Crippen LogP contribution in [0.2, 0.25) is 0 Å². The van der Waals surface area contributed by atoms with Crippen molar-refractivity contribution in [2.45, 2.75) is 619 Å². The van der Waals surface area contributed by atoms with Crippen molar-refractivity contribution < 1.29 is 0 Å². The van der Waals surface area contributed by atoms with Crippen LogP contribution in [0.25, 0.3) is 43.1 Å². The molecule has 2 aliphatic carbocycles. The smallest absolute Gasteiger partial charge is 0.0562 e. The van der Waals surface area contributed by atoms with Crippen molar-refractivity contribution in [1.29, 1.82) is 0 Å². The van der Waals surface area contributed by atoms with E-state index in [4.69, 9.17) is 0 Å². The van der Waals surface area contributed by atoms with Crippen LogP contribution in [0.3, 0.4) is 0 Å². The lowest BCUT2D eigenvalue weighted by Crippen LogP contribution is -1.96. The predicted octanol–water partition coefficient (Wildman–Crippen LogP) is 43.4. The van der Waals surface area contributed by atoms with Gasteiger partial charge in [0.1, 0.15) is 0 Å². The molecule has 130 heavy (non-hydrogen) atoms. The fourth-order valence-corrected chi connectivity index (χ4v) is 20.8. The van der Waals surface area contributed by atoms with Crippen molar-refractivity contribution in [3.05, 3.63) is 142 Å². The number of benzene rings is 4. The van der Waals surface area contributed by atoms with Crippen LogP contribution >= 0.6 is 0 Å². The molecule has 0 nitrogen and oxygen atoms in total. The molecule has 0 amide bonds. The third kappa shape index (κ3) is 56.3. The van der Waals surface area contributed by atoms with Crippen molar-refractivity contribution in [2.24, 2.45) is 0 Å². The summed E-state index contributed by atoms with van der Waals surface area (Å²) in [6.45, 7) is 14.0. The molecule has 0 spiro atoms. The van der Waals surface area contributed by atoms with E-state index in [2.05, 4.69) is 150 Å². The van der Waals surface area contributed by atoms with Gasteiger partial charge in [0.25, 0.3) is 0 Å². The molecule has 6 rings (SSSR count). The molecule has 0 N–H and O–H groups in total. The Balaban J connectivity index is 1.43. The van der Waals surface area contributed by atoms with Crippen molar-refractivity contribution in [1.82, 2.24) is 0 Å². The van der Waals surface area contributed by atoms with E-state index < -0.39 is 0 Å². The molecule has 2 bridgehead atoms. The molecule has 0 aliphatic heterocycles. The van der Waals surface area contributed by atoms with Crippen molar-refractivity contribution in [2.75, 3.05) is 0 Å². The molecule has 726 valence electrons. The van der Waals surface area contributed by atoms with Gasteiger partial charge in [0.05, 0.1) is 11.1 Å². The van der Waals surface area contributed by atoms with E-state index in [0.29, 0.717) is 0 Å². The summed E-state index contributed by atoms with van der Waals surface area (Å²) in [5, 5.41) is 8.37. The molecule has 0 atom stereocenters. The summed E-state index contributed by atoms with van der Waals surface area (Å²) in [6, 6.07) is 51.8. The number of aryl methyl sites for hydroxylation is 6. The molecular weight excluding hydrogens is 1560 g/mol. The minimum Gasteiger partial charge on any atom is -0.0654 e. The van der Waals surface area contributed by atoms with Crippen LogP contribution in [0.1, 0.15) is 625 Å². The Morgan fingerprint density at radius 2 is 0.238 bits per heavy atom. The van der Waals surface area contributed by atoms with Gasteiger partial charge in [-0.3, -0.25) is 0 Å². The van der Waals surface area contributed by atoms with Crippen LogP contribution in [-0.2, 0) is 38.5 Å². The SMILES string of the molecule is CCCCCCCCCCCCCCCCc1cc2c#cc3cc(CCCCCCCCCCCCCCCC)c(CCCCCCCCCCCCCCCC)cc3c#cc3cc(CCCCCCCCCCCCCCCC)cc4c#cc5cc(CCCCCCCCCCCCCCCC)c(CCCCCCCCCCCCCCCC)cc5c#cc(c1)c2C#Cc34. The summed E-state index contributed by atoms with van der Waals surface area (Å²) in [7, 11) is 0. The Bertz CT molecular complexity index is 3310. The molecule has 0 fully saturated rings. The predicted molar refractivity (Wildman–Crippen MR) is 581 cm³/mol. The van der Waals surface area contributed by atoms with Gasteiger partial charge in [-0.05, 0) is 159 Å². The van der Waals surface area contributed by atoms with Crippen molar-refractivity contribution in [3.63, 3.8) is 0 Å². The molecule has 4 aromatic rings. The van der Waals surface area contributed by atoms with Crippen LogP contribution in [0.4, 0.5) is 0 Å². The second kappa shape index (κ2) is 82.0. The summed E-state index contributed by atoms with van der Waals surface area (Å²) in [5.74, 6) is 7.87. The third-order valence-corrected chi connectivity index (χ3v) is 29.6. The Morgan fingerprint density at radius 1 is 0.123 bits per heavy atom. The van der Waals surface area contributed by atoms with E-state index in [1.165, 1.54) is 573 Å². The van der Waals surface area contributed by atoms with E-state index in [1.54, 1.807) is 0 Å². The molecule has 4 aromatic carbocycles. The summed E-state index contributed by atoms with van der Waals surface area (Å²) in [4.78, 5) is 0. The van der Waals surface area contributed by atoms with Gasteiger partial charge in [0.2, 0.25) is 0 Å². The lowest BCUT2D eigenvalue weighted by molar-refractivity contribution is 0.534. The Morgan fingerprint density at radius 3 is 0.377 bits per heavy atom. The fourth-order valence-electron chi connectivity index (χ4n) is 20.8. The number of hydrogen-bond acceptors (Lipinski definition) is 0. The van der Waals surface area contributed by atoms with Crippen molar-refractivity contribution in [3.8, 4) is 11.8 Å². The van der Waals surface area contributed by atoms with Crippen LogP contribution in [-0.4, -0.2) is 0 Å². The van der Waals surface area contributed by atoms with Gasteiger partial charge in [-0.2, -0.15) is 0 Å². The average Bonchev–Trinajstić information content (AvgIpc) is 0.786. The summed E-state index contributed by atoms with van der Waals surface area (Å²) >= 11 is 0. The quantitative estimate of drug-likeness (QED) is 0.0264. The average molecular weight is 1770 g/mol. The second-order valence-electron chi connectivity index (χ2n) is 41.8. The maximum absolute atomic E-state index is 3.98. The number of rotatable bonds is 90. The van der Waals surface area contributed by atoms with Crippen LogP contribution in [0.5, 0.6) is 0 Å². The van der Waals surface area contributed by atoms with E-state index in [9.17, 15) is 0 Å². The van der Waals surface area contributed by atoms with E-state index in [1.807, 2.05) is 0 Å². The lowest BCUT2D eigenvalue weighted by atomic mass is 9.93. The zero-order valence-corrected chi connectivity index (χ0v) is 87.3. The fraction of sp³-hybridized carbons (Fsp3) is 0.738. The van der Waals surface area contributed by atoms with E-state index >= 15 is 0 Å². The zero-order valence-electron chi connectivity index (χ0n) is 87.3. The van der Waals surface area contributed by atoms with Gasteiger partial charge < -0.3 is 0 Å². The summed E-state index contributed by atoms with van der Waals surface area (Å²) < 4.78 is 0. The maximum atomic E-state index is 3.98. The Hall–Kier alpha value is -5.32. The second-order valence-corrected chi connectivity index (χ2v) is 41.8. The van der Waals surface area contributed by atoms with Crippen LogP contribution in [0, 0.1) is 60.4 Å². The molecular formula is C130H206. The molecule has 0 unspecified atom stereocenters. The first-order valence-corrected chi connectivity index (χ1v) is 58.7.